The van der Waals surface area contributed by atoms with Gasteiger partial charge in [-0.15, -0.1) is 0 Å². The van der Waals surface area contributed by atoms with Crippen molar-refractivity contribution in [2.45, 2.75) is 6.92 Å². The summed E-state index contributed by atoms with van der Waals surface area (Å²) in [4.78, 5) is 18.0. The van der Waals surface area contributed by atoms with Gasteiger partial charge in [0.15, 0.2) is 0 Å². The topological polar surface area (TPSA) is 45.2 Å². The van der Waals surface area contributed by atoms with E-state index >= 15 is 0 Å². The second kappa shape index (κ2) is 7.13. The molecule has 0 saturated carbocycles. The van der Waals surface area contributed by atoms with Crippen LogP contribution in [0.25, 0.3) is 0 Å². The number of hydrogen-bond donors (Lipinski definition) is 1. The molecule has 126 valence electrons. The Hall–Kier alpha value is -3.21. The van der Waals surface area contributed by atoms with Crippen LogP contribution in [-0.2, 0) is 0 Å². The minimum absolute atomic E-state index is 0.170. The Morgan fingerprint density at radius 3 is 2.60 bits per heavy atom. The lowest BCUT2D eigenvalue weighted by atomic mass is 10.1. The number of aromatic nitrogens is 1. The summed E-state index contributed by atoms with van der Waals surface area (Å²) in [6.45, 7) is 1.94. The number of anilines is 3. The third-order valence-electron chi connectivity index (χ3n) is 3.85. The van der Waals surface area contributed by atoms with E-state index in [4.69, 9.17) is 0 Å². The fraction of sp³-hybridized carbons (Fsp3) is 0.100. The molecule has 2 aromatic carbocycles. The third kappa shape index (κ3) is 4.01. The van der Waals surface area contributed by atoms with Gasteiger partial charge in [0.25, 0.3) is 5.91 Å². The van der Waals surface area contributed by atoms with Gasteiger partial charge in [0.2, 0.25) is 0 Å². The van der Waals surface area contributed by atoms with Crippen molar-refractivity contribution >= 4 is 23.0 Å². The zero-order valence-corrected chi connectivity index (χ0v) is 14.0. The van der Waals surface area contributed by atoms with Crippen LogP contribution in [0.5, 0.6) is 0 Å². The maximum Gasteiger partial charge on any atom is 0.255 e. The van der Waals surface area contributed by atoms with Gasteiger partial charge in [-0.25, -0.2) is 4.39 Å². The second-order valence-corrected chi connectivity index (χ2v) is 5.79. The van der Waals surface area contributed by atoms with Gasteiger partial charge < -0.3 is 10.2 Å². The molecule has 25 heavy (non-hydrogen) atoms. The molecule has 3 aromatic rings. The average molecular weight is 335 g/mol. The van der Waals surface area contributed by atoms with Gasteiger partial charge in [-0.1, -0.05) is 23.8 Å². The normalized spacial score (nSPS) is 10.4. The van der Waals surface area contributed by atoms with Crippen molar-refractivity contribution in [1.82, 2.24) is 4.98 Å². The number of nitrogens with one attached hydrogen (secondary N) is 1. The van der Waals surface area contributed by atoms with Crippen molar-refractivity contribution in [3.05, 3.63) is 83.9 Å². The van der Waals surface area contributed by atoms with E-state index in [2.05, 4.69) is 10.3 Å². The SMILES string of the molecule is Cc1cccc(C(=O)Nc2cccc(N(C)c3cncc(F)c3)c2)c1. The van der Waals surface area contributed by atoms with Crippen molar-refractivity contribution in [1.29, 1.82) is 0 Å². The molecule has 0 fully saturated rings. The number of hydrogen-bond acceptors (Lipinski definition) is 3. The molecule has 1 N–H and O–H groups in total. The fourth-order valence-corrected chi connectivity index (χ4v) is 2.52. The standard InChI is InChI=1S/C20H18FN3O/c1-14-5-3-6-15(9-14)20(25)23-17-7-4-8-18(11-17)24(2)19-10-16(21)12-22-13-19/h3-13H,1-2H3,(H,23,25). The Kier molecular flexibility index (Phi) is 4.75. The predicted octanol–water partition coefficient (Wildman–Crippen LogP) is 4.55. The lowest BCUT2D eigenvalue weighted by Crippen LogP contribution is -2.13. The molecule has 5 heteroatoms. The molecule has 0 spiro atoms. The summed E-state index contributed by atoms with van der Waals surface area (Å²) in [5.41, 5.74) is 3.74. The van der Waals surface area contributed by atoms with E-state index in [1.165, 1.54) is 6.07 Å². The van der Waals surface area contributed by atoms with E-state index in [0.717, 1.165) is 17.4 Å². The molecule has 0 atom stereocenters. The summed E-state index contributed by atoms with van der Waals surface area (Å²) in [6.07, 6.45) is 2.75. The molecule has 0 bridgehead atoms. The van der Waals surface area contributed by atoms with Crippen LogP contribution in [0.2, 0.25) is 0 Å². The van der Waals surface area contributed by atoms with E-state index in [1.54, 1.807) is 17.2 Å². The fourth-order valence-electron chi connectivity index (χ4n) is 2.52. The molecule has 0 aliphatic carbocycles. The van der Waals surface area contributed by atoms with E-state index in [1.807, 2.05) is 56.4 Å². The van der Waals surface area contributed by atoms with Crippen LogP contribution < -0.4 is 10.2 Å². The molecule has 0 aliphatic heterocycles. The monoisotopic (exact) mass is 335 g/mol. The number of carbonyl (C=O) groups excluding carboxylic acids is 1. The van der Waals surface area contributed by atoms with Crippen LogP contribution in [-0.4, -0.2) is 17.9 Å². The maximum absolute atomic E-state index is 13.4. The Labute approximate surface area is 145 Å². The van der Waals surface area contributed by atoms with Crippen LogP contribution in [0.15, 0.2) is 67.0 Å². The molecule has 3 rings (SSSR count). The number of aryl methyl sites for hydroxylation is 1. The molecule has 1 heterocycles. The van der Waals surface area contributed by atoms with Gasteiger partial charge in [0, 0.05) is 30.1 Å². The number of pyridine rings is 1. The molecule has 0 saturated heterocycles. The van der Waals surface area contributed by atoms with Crippen LogP contribution in [0, 0.1) is 12.7 Å². The zero-order chi connectivity index (χ0) is 17.8. The molecule has 0 aliphatic rings. The molecular weight excluding hydrogens is 317 g/mol. The van der Waals surface area contributed by atoms with E-state index in [9.17, 15) is 9.18 Å². The highest BCUT2D eigenvalue weighted by molar-refractivity contribution is 6.04. The minimum atomic E-state index is -0.395. The largest absolute Gasteiger partial charge is 0.343 e. The van der Waals surface area contributed by atoms with Crippen molar-refractivity contribution in [3.8, 4) is 0 Å². The lowest BCUT2D eigenvalue weighted by molar-refractivity contribution is 0.102. The minimum Gasteiger partial charge on any atom is -0.343 e. The van der Waals surface area contributed by atoms with Gasteiger partial charge in [-0.05, 0) is 37.3 Å². The van der Waals surface area contributed by atoms with Crippen LogP contribution in [0.4, 0.5) is 21.5 Å². The number of rotatable bonds is 4. The maximum atomic E-state index is 13.4. The highest BCUT2D eigenvalue weighted by atomic mass is 19.1. The first-order chi connectivity index (χ1) is 12.0. The van der Waals surface area contributed by atoms with Gasteiger partial charge in [0.1, 0.15) is 5.82 Å². The molecule has 4 nitrogen and oxygen atoms in total. The van der Waals surface area contributed by atoms with E-state index in [0.29, 0.717) is 16.9 Å². The summed E-state index contributed by atoms with van der Waals surface area (Å²) < 4.78 is 13.4. The number of amides is 1. The van der Waals surface area contributed by atoms with Crippen LogP contribution in [0.3, 0.4) is 0 Å². The van der Waals surface area contributed by atoms with Crippen LogP contribution in [0.1, 0.15) is 15.9 Å². The third-order valence-corrected chi connectivity index (χ3v) is 3.85. The molecule has 0 unspecified atom stereocenters. The zero-order valence-electron chi connectivity index (χ0n) is 14.0. The summed E-state index contributed by atoms with van der Waals surface area (Å²) >= 11 is 0. The highest BCUT2D eigenvalue weighted by Crippen LogP contribution is 2.26. The van der Waals surface area contributed by atoms with Crippen LogP contribution >= 0.6 is 0 Å². The van der Waals surface area contributed by atoms with Gasteiger partial charge in [-0.3, -0.25) is 9.78 Å². The second-order valence-electron chi connectivity index (χ2n) is 5.79. The Balaban J connectivity index is 1.80. The Bertz CT molecular complexity index is 911. The Morgan fingerprint density at radius 1 is 1.04 bits per heavy atom. The van der Waals surface area contributed by atoms with Crippen molar-refractivity contribution in [3.63, 3.8) is 0 Å². The van der Waals surface area contributed by atoms with Gasteiger partial charge in [-0.2, -0.15) is 0 Å². The first-order valence-electron chi connectivity index (χ1n) is 7.85. The summed E-state index contributed by atoms with van der Waals surface area (Å²) in [5, 5.41) is 2.89. The average Bonchev–Trinajstić information content (AvgIpc) is 2.61. The van der Waals surface area contributed by atoms with E-state index in [-0.39, 0.29) is 5.91 Å². The van der Waals surface area contributed by atoms with Crippen molar-refractivity contribution in [2.75, 3.05) is 17.3 Å². The van der Waals surface area contributed by atoms with Crippen molar-refractivity contribution < 1.29 is 9.18 Å². The van der Waals surface area contributed by atoms with Gasteiger partial charge in [0.05, 0.1) is 18.1 Å². The molecule has 1 amide bonds. The summed E-state index contributed by atoms with van der Waals surface area (Å²) in [5.74, 6) is -0.566. The first-order valence-corrected chi connectivity index (χ1v) is 7.85. The quantitative estimate of drug-likeness (QED) is 0.761. The molecule has 1 aromatic heterocycles. The first kappa shape index (κ1) is 16.6. The smallest absolute Gasteiger partial charge is 0.255 e. The predicted molar refractivity (Wildman–Crippen MR) is 97.8 cm³/mol. The summed E-state index contributed by atoms with van der Waals surface area (Å²) in [6, 6.07) is 16.2. The van der Waals surface area contributed by atoms with E-state index < -0.39 is 5.82 Å². The Morgan fingerprint density at radius 2 is 1.84 bits per heavy atom. The molecular formula is C20H18FN3O. The number of halogens is 1. The number of benzene rings is 2. The summed E-state index contributed by atoms with van der Waals surface area (Å²) in [7, 11) is 1.82. The molecule has 0 radical (unpaired) electrons. The van der Waals surface area contributed by atoms with Gasteiger partial charge >= 0.3 is 0 Å². The highest BCUT2D eigenvalue weighted by Gasteiger charge is 2.09. The lowest BCUT2D eigenvalue weighted by Gasteiger charge is -2.20. The number of carbonyl (C=O) groups is 1. The van der Waals surface area contributed by atoms with Crippen molar-refractivity contribution in [2.24, 2.45) is 0 Å². The number of nitrogens with zero attached hydrogens (tertiary/aromatic N) is 2.